The number of urea groups is 1. The molecule has 0 radical (unpaired) electrons. The van der Waals surface area contributed by atoms with Crippen LogP contribution in [0.15, 0.2) is 36.4 Å². The van der Waals surface area contributed by atoms with Crippen LogP contribution in [0.25, 0.3) is 0 Å². The molecular formula is C23H29N3O6. The Kier molecular flexibility index (Phi) is 7.64. The maximum absolute atomic E-state index is 12.5. The molecule has 0 saturated carbocycles. The highest BCUT2D eigenvalue weighted by atomic mass is 16.5. The van der Waals surface area contributed by atoms with Gasteiger partial charge >= 0.3 is 6.03 Å². The summed E-state index contributed by atoms with van der Waals surface area (Å²) in [6, 6.07) is 10.4. The second-order valence-electron chi connectivity index (χ2n) is 7.28. The summed E-state index contributed by atoms with van der Waals surface area (Å²) in [5.41, 5.74) is 1.71. The van der Waals surface area contributed by atoms with E-state index in [-0.39, 0.29) is 24.4 Å². The molecule has 3 rings (SSSR count). The lowest BCUT2D eigenvalue weighted by Crippen LogP contribution is -2.43. The summed E-state index contributed by atoms with van der Waals surface area (Å²) in [5.74, 6) is 2.38. The molecule has 0 unspecified atom stereocenters. The standard InChI is InChI=1S/C23H29N3O6/c1-29-18-7-5-15(11-20(18)31-3)9-10-24-23(28)25-16-12-22(27)26(14-16)17-6-8-19(30-2)21(13-17)32-4/h5-8,11,13,16H,9-10,12,14H2,1-4H3,(H2,24,25,28)/t16-/m1/s1. The van der Waals surface area contributed by atoms with Crippen LogP contribution in [0.2, 0.25) is 0 Å². The summed E-state index contributed by atoms with van der Waals surface area (Å²) < 4.78 is 21.1. The number of nitrogens with one attached hydrogen (secondary N) is 2. The van der Waals surface area contributed by atoms with Crippen LogP contribution in [0.1, 0.15) is 12.0 Å². The Morgan fingerprint density at radius 1 is 0.938 bits per heavy atom. The Morgan fingerprint density at radius 3 is 2.22 bits per heavy atom. The van der Waals surface area contributed by atoms with E-state index in [1.54, 1.807) is 51.5 Å². The number of methoxy groups -OCH3 is 4. The lowest BCUT2D eigenvalue weighted by Gasteiger charge is -2.19. The van der Waals surface area contributed by atoms with E-state index in [0.29, 0.717) is 48.2 Å². The lowest BCUT2D eigenvalue weighted by atomic mass is 10.1. The average molecular weight is 444 g/mol. The third-order valence-corrected chi connectivity index (χ3v) is 5.29. The first-order valence-electron chi connectivity index (χ1n) is 10.3. The van der Waals surface area contributed by atoms with E-state index in [1.165, 1.54) is 0 Å². The molecule has 32 heavy (non-hydrogen) atoms. The van der Waals surface area contributed by atoms with Gasteiger partial charge < -0.3 is 34.5 Å². The molecule has 0 aromatic heterocycles. The molecule has 1 saturated heterocycles. The molecule has 3 amide bonds. The molecule has 1 atom stereocenters. The topological polar surface area (TPSA) is 98.4 Å². The zero-order valence-corrected chi connectivity index (χ0v) is 18.8. The number of ether oxygens (including phenoxy) is 4. The van der Waals surface area contributed by atoms with Crippen molar-refractivity contribution in [2.45, 2.75) is 18.9 Å². The molecule has 0 spiro atoms. The Bertz CT molecular complexity index is 965. The van der Waals surface area contributed by atoms with Crippen molar-refractivity contribution in [3.63, 3.8) is 0 Å². The molecule has 0 aliphatic carbocycles. The van der Waals surface area contributed by atoms with Crippen molar-refractivity contribution in [2.75, 3.05) is 46.4 Å². The number of carbonyl (C=O) groups excluding carboxylic acids is 2. The maximum Gasteiger partial charge on any atom is 0.315 e. The van der Waals surface area contributed by atoms with Crippen molar-refractivity contribution in [1.29, 1.82) is 0 Å². The van der Waals surface area contributed by atoms with Crippen LogP contribution in [0.3, 0.4) is 0 Å². The van der Waals surface area contributed by atoms with Gasteiger partial charge in [0.1, 0.15) is 0 Å². The first kappa shape index (κ1) is 23.1. The minimum absolute atomic E-state index is 0.0622. The molecule has 1 aliphatic heterocycles. The second-order valence-corrected chi connectivity index (χ2v) is 7.28. The third-order valence-electron chi connectivity index (χ3n) is 5.29. The number of benzene rings is 2. The molecule has 9 nitrogen and oxygen atoms in total. The highest BCUT2D eigenvalue weighted by Gasteiger charge is 2.32. The fourth-order valence-corrected chi connectivity index (χ4v) is 3.64. The lowest BCUT2D eigenvalue weighted by molar-refractivity contribution is -0.117. The van der Waals surface area contributed by atoms with Crippen molar-refractivity contribution in [3.05, 3.63) is 42.0 Å². The average Bonchev–Trinajstić information content (AvgIpc) is 3.17. The monoisotopic (exact) mass is 443 g/mol. The predicted molar refractivity (Wildman–Crippen MR) is 120 cm³/mol. The van der Waals surface area contributed by atoms with E-state index in [0.717, 1.165) is 5.56 Å². The van der Waals surface area contributed by atoms with Crippen molar-refractivity contribution in [1.82, 2.24) is 10.6 Å². The molecule has 1 heterocycles. The van der Waals surface area contributed by atoms with Gasteiger partial charge in [-0.25, -0.2) is 4.79 Å². The zero-order chi connectivity index (χ0) is 23.1. The summed E-state index contributed by atoms with van der Waals surface area (Å²) in [7, 11) is 6.28. The first-order chi connectivity index (χ1) is 15.5. The Labute approximate surface area is 187 Å². The van der Waals surface area contributed by atoms with Crippen LogP contribution in [-0.4, -0.2) is 59.5 Å². The van der Waals surface area contributed by atoms with Gasteiger partial charge in [-0.05, 0) is 36.2 Å². The second kappa shape index (κ2) is 10.6. The minimum atomic E-state index is -0.308. The summed E-state index contributed by atoms with van der Waals surface area (Å²) in [6.45, 7) is 0.832. The minimum Gasteiger partial charge on any atom is -0.493 e. The number of nitrogens with zero attached hydrogens (tertiary/aromatic N) is 1. The van der Waals surface area contributed by atoms with E-state index >= 15 is 0 Å². The van der Waals surface area contributed by atoms with Crippen LogP contribution in [0.5, 0.6) is 23.0 Å². The maximum atomic E-state index is 12.5. The quantitative estimate of drug-likeness (QED) is 0.618. The molecule has 2 aromatic rings. The smallest absolute Gasteiger partial charge is 0.315 e. The molecule has 2 N–H and O–H groups in total. The van der Waals surface area contributed by atoms with E-state index in [2.05, 4.69) is 10.6 Å². The van der Waals surface area contributed by atoms with Crippen molar-refractivity contribution in [3.8, 4) is 23.0 Å². The molecule has 9 heteroatoms. The third kappa shape index (κ3) is 5.35. The van der Waals surface area contributed by atoms with E-state index < -0.39 is 0 Å². The Morgan fingerprint density at radius 2 is 1.56 bits per heavy atom. The van der Waals surface area contributed by atoms with Gasteiger partial charge in [0.05, 0.1) is 34.5 Å². The van der Waals surface area contributed by atoms with Crippen LogP contribution in [-0.2, 0) is 11.2 Å². The van der Waals surface area contributed by atoms with Crippen LogP contribution < -0.4 is 34.5 Å². The highest BCUT2D eigenvalue weighted by Crippen LogP contribution is 2.33. The van der Waals surface area contributed by atoms with Gasteiger partial charge in [0.2, 0.25) is 5.91 Å². The molecule has 2 aromatic carbocycles. The van der Waals surface area contributed by atoms with Gasteiger partial charge in [0, 0.05) is 31.3 Å². The van der Waals surface area contributed by atoms with Crippen LogP contribution in [0, 0.1) is 0 Å². The number of hydrogen-bond donors (Lipinski definition) is 2. The summed E-state index contributed by atoms with van der Waals surface area (Å²) in [5, 5.41) is 5.71. The fraction of sp³-hybridized carbons (Fsp3) is 0.391. The van der Waals surface area contributed by atoms with Crippen molar-refractivity contribution in [2.24, 2.45) is 0 Å². The van der Waals surface area contributed by atoms with Gasteiger partial charge in [0.25, 0.3) is 0 Å². The molecule has 1 fully saturated rings. The van der Waals surface area contributed by atoms with Crippen LogP contribution in [0.4, 0.5) is 10.5 Å². The van der Waals surface area contributed by atoms with Gasteiger partial charge in [-0.15, -0.1) is 0 Å². The number of rotatable bonds is 9. The van der Waals surface area contributed by atoms with Crippen molar-refractivity contribution < 1.29 is 28.5 Å². The normalized spacial score (nSPS) is 15.3. The highest BCUT2D eigenvalue weighted by molar-refractivity contribution is 5.97. The van der Waals surface area contributed by atoms with Gasteiger partial charge in [-0.2, -0.15) is 0 Å². The van der Waals surface area contributed by atoms with Gasteiger partial charge in [-0.1, -0.05) is 6.07 Å². The summed E-state index contributed by atoms with van der Waals surface area (Å²) in [4.78, 5) is 26.4. The predicted octanol–water partition coefficient (Wildman–Crippen LogP) is 2.37. The van der Waals surface area contributed by atoms with Crippen LogP contribution >= 0.6 is 0 Å². The van der Waals surface area contributed by atoms with Crippen molar-refractivity contribution >= 4 is 17.6 Å². The Balaban J connectivity index is 1.50. The van der Waals surface area contributed by atoms with Gasteiger partial charge in [-0.3, -0.25) is 4.79 Å². The number of anilines is 1. The molecule has 172 valence electrons. The number of hydrogen-bond acceptors (Lipinski definition) is 6. The SMILES string of the molecule is COc1ccc(CCNC(=O)N[C@@H]2CC(=O)N(c3ccc(OC)c(OC)c3)C2)cc1OC. The number of amides is 3. The van der Waals surface area contributed by atoms with E-state index in [4.69, 9.17) is 18.9 Å². The Hall–Kier alpha value is -3.62. The first-order valence-corrected chi connectivity index (χ1v) is 10.3. The largest absolute Gasteiger partial charge is 0.493 e. The van der Waals surface area contributed by atoms with Gasteiger partial charge in [0.15, 0.2) is 23.0 Å². The van der Waals surface area contributed by atoms with E-state index in [9.17, 15) is 9.59 Å². The molecule has 1 aliphatic rings. The number of carbonyl (C=O) groups is 2. The summed E-state index contributed by atoms with van der Waals surface area (Å²) in [6.07, 6.45) is 0.868. The van der Waals surface area contributed by atoms with E-state index in [1.807, 2.05) is 18.2 Å². The fourth-order valence-electron chi connectivity index (χ4n) is 3.64. The summed E-state index contributed by atoms with van der Waals surface area (Å²) >= 11 is 0. The zero-order valence-electron chi connectivity index (χ0n) is 18.8. The molecule has 0 bridgehead atoms. The molecular weight excluding hydrogens is 414 g/mol.